The highest BCUT2D eigenvalue weighted by molar-refractivity contribution is 6.03. The summed E-state index contributed by atoms with van der Waals surface area (Å²) >= 11 is 0. The second kappa shape index (κ2) is 8.60. The predicted molar refractivity (Wildman–Crippen MR) is 131 cm³/mol. The number of piperidine rings is 1. The number of nitrogens with zero attached hydrogens (tertiary/aromatic N) is 2. The topological polar surface area (TPSA) is 52.7 Å². The maximum atomic E-state index is 13.7. The molecule has 1 unspecified atom stereocenters. The number of rotatable bonds is 4. The van der Waals surface area contributed by atoms with E-state index in [-0.39, 0.29) is 17.2 Å². The van der Waals surface area contributed by atoms with Crippen molar-refractivity contribution in [1.82, 2.24) is 10.2 Å². The Bertz CT molecular complexity index is 1060. The van der Waals surface area contributed by atoms with Crippen molar-refractivity contribution in [3.05, 3.63) is 65.2 Å². The van der Waals surface area contributed by atoms with Crippen molar-refractivity contribution < 1.29 is 9.59 Å². The lowest BCUT2D eigenvalue weighted by Crippen LogP contribution is -2.48. The third kappa shape index (κ3) is 3.57. The lowest BCUT2D eigenvalue weighted by molar-refractivity contribution is -0.132. The molecule has 1 spiro atoms. The zero-order valence-electron chi connectivity index (χ0n) is 20.0. The molecule has 174 valence electrons. The van der Waals surface area contributed by atoms with E-state index in [2.05, 4.69) is 36.5 Å². The van der Waals surface area contributed by atoms with Crippen LogP contribution in [0.4, 0.5) is 5.69 Å². The highest BCUT2D eigenvalue weighted by Crippen LogP contribution is 2.56. The minimum atomic E-state index is -0.434. The van der Waals surface area contributed by atoms with E-state index < -0.39 is 6.04 Å². The summed E-state index contributed by atoms with van der Waals surface area (Å²) in [6, 6.07) is 16.5. The number of amides is 2. The first-order chi connectivity index (χ1) is 15.9. The number of hydrogen-bond donors (Lipinski definition) is 1. The van der Waals surface area contributed by atoms with E-state index in [0.717, 1.165) is 43.6 Å². The molecule has 5 rings (SSSR count). The molecule has 2 amide bonds. The van der Waals surface area contributed by atoms with Crippen molar-refractivity contribution in [2.75, 3.05) is 32.1 Å². The number of nitrogens with one attached hydrogen (secondary N) is 1. The van der Waals surface area contributed by atoms with Gasteiger partial charge in [-0.05, 0) is 66.9 Å². The minimum absolute atomic E-state index is 0.00369. The van der Waals surface area contributed by atoms with E-state index in [1.807, 2.05) is 24.3 Å². The van der Waals surface area contributed by atoms with Crippen LogP contribution in [-0.4, -0.2) is 49.9 Å². The molecule has 1 fully saturated rings. The van der Waals surface area contributed by atoms with E-state index in [1.165, 1.54) is 11.1 Å². The first-order valence-electron chi connectivity index (χ1n) is 12.4. The number of benzene rings is 2. The molecule has 2 heterocycles. The van der Waals surface area contributed by atoms with Gasteiger partial charge in [0.25, 0.3) is 0 Å². The summed E-state index contributed by atoms with van der Waals surface area (Å²) in [7, 11) is 3.54. The van der Waals surface area contributed by atoms with Crippen molar-refractivity contribution in [2.45, 2.75) is 56.4 Å². The van der Waals surface area contributed by atoms with Gasteiger partial charge in [-0.2, -0.15) is 0 Å². The Morgan fingerprint density at radius 3 is 2.52 bits per heavy atom. The van der Waals surface area contributed by atoms with Gasteiger partial charge in [0.1, 0.15) is 6.04 Å². The van der Waals surface area contributed by atoms with Crippen LogP contribution in [0.3, 0.4) is 0 Å². The summed E-state index contributed by atoms with van der Waals surface area (Å²) < 4.78 is 0. The van der Waals surface area contributed by atoms with Crippen LogP contribution in [0.2, 0.25) is 0 Å². The monoisotopic (exact) mass is 445 g/mol. The summed E-state index contributed by atoms with van der Waals surface area (Å²) in [6.07, 6.45) is 4.18. The Balaban J connectivity index is 1.40. The molecule has 5 heteroatoms. The number of para-hydroxylation sites is 1. The van der Waals surface area contributed by atoms with Crippen LogP contribution in [-0.2, 0) is 21.4 Å². The second-order valence-electron chi connectivity index (χ2n) is 10.3. The van der Waals surface area contributed by atoms with Gasteiger partial charge in [-0.15, -0.1) is 0 Å². The molecular weight excluding hydrogens is 410 g/mol. The fourth-order valence-corrected chi connectivity index (χ4v) is 6.87. The standard InChI is InChI=1S/C28H35N3O2/c1-19-21-9-5-6-10-23(21)28(14-16-29-17-15-28)22(19)12-13-26(32)31-24-11-7-4-8-20(24)18-25(31)27(33)30(2)3/h4-11,19,22,25,29H,12-18H2,1-3H3/t19?,22-,25+/m1/s1. The zero-order valence-corrected chi connectivity index (χ0v) is 20.0. The molecule has 1 saturated heterocycles. The SMILES string of the molecule is CC1c2ccccc2C2(CCNCC2)[C@@H]1CCC(=O)N1c2ccccc2C[C@H]1C(=O)N(C)C. The summed E-state index contributed by atoms with van der Waals surface area (Å²) in [5.74, 6) is 0.961. The quantitative estimate of drug-likeness (QED) is 0.777. The Labute approximate surface area is 197 Å². The third-order valence-electron chi connectivity index (χ3n) is 8.44. The van der Waals surface area contributed by atoms with Gasteiger partial charge in [-0.25, -0.2) is 0 Å². The summed E-state index contributed by atoms with van der Waals surface area (Å²) in [5, 5.41) is 3.53. The van der Waals surface area contributed by atoms with Crippen LogP contribution in [0.15, 0.2) is 48.5 Å². The molecular formula is C28H35N3O2. The number of fused-ring (bicyclic) bond motifs is 3. The Morgan fingerprint density at radius 1 is 1.06 bits per heavy atom. The van der Waals surface area contributed by atoms with Crippen molar-refractivity contribution in [2.24, 2.45) is 5.92 Å². The normalized spacial score (nSPS) is 25.1. The number of hydrogen-bond acceptors (Lipinski definition) is 3. The lowest BCUT2D eigenvalue weighted by atomic mass is 9.65. The zero-order chi connectivity index (χ0) is 23.2. The molecule has 1 aliphatic carbocycles. The summed E-state index contributed by atoms with van der Waals surface area (Å²) in [5.41, 5.74) is 5.11. The van der Waals surface area contributed by atoms with Crippen LogP contribution >= 0.6 is 0 Å². The minimum Gasteiger partial charge on any atom is -0.347 e. The first kappa shape index (κ1) is 22.1. The van der Waals surface area contributed by atoms with Gasteiger partial charge in [0.2, 0.25) is 11.8 Å². The van der Waals surface area contributed by atoms with Gasteiger partial charge in [0.05, 0.1) is 0 Å². The average Bonchev–Trinajstić information content (AvgIpc) is 3.32. The Hall–Kier alpha value is -2.66. The Morgan fingerprint density at radius 2 is 1.76 bits per heavy atom. The molecule has 2 aromatic rings. The molecule has 1 N–H and O–H groups in total. The number of carbonyl (C=O) groups is 2. The van der Waals surface area contributed by atoms with Gasteiger partial charge in [-0.1, -0.05) is 49.4 Å². The fraction of sp³-hybridized carbons (Fsp3) is 0.500. The van der Waals surface area contributed by atoms with Crippen LogP contribution in [0.1, 0.15) is 55.2 Å². The lowest BCUT2D eigenvalue weighted by Gasteiger charge is -2.41. The summed E-state index contributed by atoms with van der Waals surface area (Å²) in [6.45, 7) is 4.41. The van der Waals surface area contributed by atoms with Crippen molar-refractivity contribution in [3.63, 3.8) is 0 Å². The Kier molecular flexibility index (Phi) is 5.77. The molecule has 3 aliphatic rings. The highest BCUT2D eigenvalue weighted by atomic mass is 16.2. The largest absolute Gasteiger partial charge is 0.347 e. The van der Waals surface area contributed by atoms with Gasteiger partial charge in [0, 0.05) is 38.0 Å². The van der Waals surface area contributed by atoms with Crippen LogP contribution in [0.5, 0.6) is 0 Å². The molecule has 0 saturated carbocycles. The van der Waals surface area contributed by atoms with Crippen LogP contribution in [0.25, 0.3) is 0 Å². The predicted octanol–water partition coefficient (Wildman–Crippen LogP) is 3.87. The van der Waals surface area contributed by atoms with Crippen LogP contribution in [0, 0.1) is 5.92 Å². The van der Waals surface area contributed by atoms with Gasteiger partial charge in [-0.3, -0.25) is 14.5 Å². The molecule has 0 aromatic heterocycles. The molecule has 2 aliphatic heterocycles. The molecule has 5 nitrogen and oxygen atoms in total. The smallest absolute Gasteiger partial charge is 0.245 e. The molecule has 2 aromatic carbocycles. The first-order valence-corrected chi connectivity index (χ1v) is 12.4. The van der Waals surface area contributed by atoms with Crippen molar-refractivity contribution in [1.29, 1.82) is 0 Å². The van der Waals surface area contributed by atoms with Gasteiger partial charge < -0.3 is 10.2 Å². The van der Waals surface area contributed by atoms with Crippen LogP contribution < -0.4 is 10.2 Å². The van der Waals surface area contributed by atoms with Gasteiger partial charge >= 0.3 is 0 Å². The van der Waals surface area contributed by atoms with E-state index in [0.29, 0.717) is 24.7 Å². The molecule has 0 bridgehead atoms. The summed E-state index contributed by atoms with van der Waals surface area (Å²) in [4.78, 5) is 30.1. The number of carbonyl (C=O) groups excluding carboxylic acids is 2. The van der Waals surface area contributed by atoms with E-state index in [1.54, 1.807) is 23.9 Å². The fourth-order valence-electron chi connectivity index (χ4n) is 6.87. The number of anilines is 1. The second-order valence-corrected chi connectivity index (χ2v) is 10.3. The van der Waals surface area contributed by atoms with Crippen molar-refractivity contribution >= 4 is 17.5 Å². The average molecular weight is 446 g/mol. The van der Waals surface area contributed by atoms with E-state index in [4.69, 9.17) is 0 Å². The maximum absolute atomic E-state index is 13.7. The molecule has 33 heavy (non-hydrogen) atoms. The third-order valence-corrected chi connectivity index (χ3v) is 8.44. The molecule has 0 radical (unpaired) electrons. The van der Waals surface area contributed by atoms with Gasteiger partial charge in [0.15, 0.2) is 0 Å². The van der Waals surface area contributed by atoms with Crippen molar-refractivity contribution in [3.8, 4) is 0 Å². The van der Waals surface area contributed by atoms with E-state index in [9.17, 15) is 9.59 Å². The maximum Gasteiger partial charge on any atom is 0.245 e. The molecule has 3 atom stereocenters. The van der Waals surface area contributed by atoms with E-state index >= 15 is 0 Å². The highest BCUT2D eigenvalue weighted by Gasteiger charge is 2.50. The number of likely N-dealkylation sites (N-methyl/N-ethyl adjacent to an activating group) is 1.